The van der Waals surface area contributed by atoms with E-state index in [1.54, 1.807) is 22.7 Å². The third-order valence-electron chi connectivity index (χ3n) is 12.8. The molecule has 4 heterocycles. The van der Waals surface area contributed by atoms with E-state index in [1.165, 1.54) is 9.40 Å². The third-order valence-corrected chi connectivity index (χ3v) is 15.2. The Hall–Kier alpha value is -9.03. The molecule has 0 amide bonds. The molecule has 0 saturated carbocycles. The molecule has 0 fully saturated rings. The zero-order valence-corrected chi connectivity index (χ0v) is 37.7. The Morgan fingerprint density at radius 2 is 0.618 bits per heavy atom. The molecule has 68 heavy (non-hydrogen) atoms. The Morgan fingerprint density at radius 3 is 0.926 bits per heavy atom. The first-order valence-corrected chi connectivity index (χ1v) is 23.6. The van der Waals surface area contributed by atoms with Gasteiger partial charge in [-0.1, -0.05) is 84.9 Å². The van der Waals surface area contributed by atoms with Crippen LogP contribution in [0.3, 0.4) is 0 Å². The van der Waals surface area contributed by atoms with E-state index in [-0.39, 0.29) is 14.0 Å². The minimum Gasteiger partial charge on any atom is -0.359 e. The first-order chi connectivity index (χ1) is 33.5. The van der Waals surface area contributed by atoms with Crippen LogP contribution in [0.4, 0.5) is 44.1 Å². The van der Waals surface area contributed by atoms with Gasteiger partial charge < -0.3 is 19.2 Å². The number of nitriles is 4. The Balaban J connectivity index is 0.949. The highest BCUT2D eigenvalue weighted by atomic mass is 32.1. The fraction of sp³-hybridized carbons (Fsp3) is 0. The average Bonchev–Trinajstić information content (AvgIpc) is 4.15. The van der Waals surface area contributed by atoms with Crippen molar-refractivity contribution in [1.82, 2.24) is 0 Å². The van der Waals surface area contributed by atoms with Crippen LogP contribution in [0.1, 0.15) is 22.3 Å². The van der Waals surface area contributed by atoms with Gasteiger partial charge in [-0.2, -0.15) is 21.0 Å². The maximum atomic E-state index is 9.71. The molecule has 0 aliphatic carbocycles. The van der Waals surface area contributed by atoms with E-state index in [9.17, 15) is 21.0 Å². The van der Waals surface area contributed by atoms with Crippen LogP contribution in [0.5, 0.6) is 0 Å². The lowest BCUT2D eigenvalue weighted by atomic mass is 9.64. The summed E-state index contributed by atoms with van der Waals surface area (Å²) in [5.41, 5.74) is 12.8. The summed E-state index contributed by atoms with van der Waals surface area (Å²) in [6.07, 6.45) is 0. The summed E-state index contributed by atoms with van der Waals surface area (Å²) in [7, 11) is 0. The predicted octanol–water partition coefficient (Wildman–Crippen LogP) is 12.6. The number of nitrogens with zero attached hydrogens (tertiary/aromatic N) is 8. The topological polar surface area (TPSA) is 108 Å². The van der Waals surface area contributed by atoms with Gasteiger partial charge in [-0.3, -0.25) is 0 Å². The Morgan fingerprint density at radius 1 is 0.324 bits per heavy atom. The minimum absolute atomic E-state index is 0.278. The monoisotopic (exact) mass is 902 g/mol. The van der Waals surface area contributed by atoms with Gasteiger partial charge in [0, 0.05) is 42.9 Å². The lowest BCUT2D eigenvalue weighted by Gasteiger charge is -2.31. The van der Waals surface area contributed by atoms with Crippen molar-refractivity contribution in [2.75, 3.05) is 19.2 Å². The van der Waals surface area contributed by atoms with Crippen LogP contribution in [-0.4, -0.2) is 14.0 Å². The molecule has 0 bridgehead atoms. The number of hydrogen-bond donors (Lipinski definition) is 0. The Labute approximate surface area is 401 Å². The molecule has 0 spiro atoms. The lowest BCUT2D eigenvalue weighted by Crippen LogP contribution is -2.53. The Bertz CT molecular complexity index is 3500. The van der Waals surface area contributed by atoms with E-state index >= 15 is 0 Å². The number of rotatable bonds is 7. The third kappa shape index (κ3) is 6.56. The van der Waals surface area contributed by atoms with Gasteiger partial charge in [0.2, 0.25) is 0 Å². The molecule has 0 atom stereocenters. The molecular weight excluding hydrogens is 870 g/mol. The van der Waals surface area contributed by atoms with Crippen molar-refractivity contribution in [2.45, 2.75) is 0 Å². The van der Waals surface area contributed by atoms with Gasteiger partial charge in [0.1, 0.15) is 10.0 Å². The van der Waals surface area contributed by atoms with Crippen LogP contribution in [-0.2, 0) is 0 Å². The summed E-state index contributed by atoms with van der Waals surface area (Å²) in [5.74, 6) is 0. The van der Waals surface area contributed by atoms with Crippen molar-refractivity contribution in [2.24, 2.45) is 0 Å². The van der Waals surface area contributed by atoms with E-state index < -0.39 is 0 Å². The van der Waals surface area contributed by atoms with E-state index in [0.717, 1.165) is 77.0 Å². The standard InChI is InChI=1S/C56H32B2N8S2/c59-33-37-9-25-45(26-10-37)63-53-49-5-1-3-7-51(49)67-55(53)65(47-29-13-39(35-61)14-30-47)57(63)43-21-17-41(18-22-43)42-19-23-44(24-20-42)58-64(46-27-11-38(34-60)12-28-46)54-50-6-2-4-8-52(50)68-56(54)66(58)48-31-15-40(36-62)16-32-48/h1-32H. The van der Waals surface area contributed by atoms with Crippen LogP contribution >= 0.6 is 22.7 Å². The summed E-state index contributed by atoms with van der Waals surface area (Å²) in [6.45, 7) is -0.557. The fourth-order valence-electron chi connectivity index (χ4n) is 9.66. The maximum absolute atomic E-state index is 9.71. The second-order valence-electron chi connectivity index (χ2n) is 16.6. The van der Waals surface area contributed by atoms with Gasteiger partial charge in [0.25, 0.3) is 0 Å². The van der Waals surface area contributed by atoms with Gasteiger partial charge in [-0.15, -0.1) is 22.7 Å². The zero-order chi connectivity index (χ0) is 45.9. The summed E-state index contributed by atoms with van der Waals surface area (Å²) >= 11 is 3.50. The fourth-order valence-corrected chi connectivity index (χ4v) is 12.1. The largest absolute Gasteiger partial charge is 0.421 e. The maximum Gasteiger partial charge on any atom is 0.421 e. The number of fused-ring (bicyclic) bond motifs is 6. The summed E-state index contributed by atoms with van der Waals surface area (Å²) in [5, 5.41) is 43.3. The molecule has 0 radical (unpaired) electrons. The van der Waals surface area contributed by atoms with Gasteiger partial charge in [0.05, 0.1) is 57.9 Å². The molecule has 10 aromatic rings. The smallest absolute Gasteiger partial charge is 0.359 e. The second kappa shape index (κ2) is 16.4. The van der Waals surface area contributed by atoms with E-state index in [0.29, 0.717) is 22.3 Å². The zero-order valence-electron chi connectivity index (χ0n) is 36.0. The quantitative estimate of drug-likeness (QED) is 0.146. The molecule has 8 aromatic carbocycles. The Kier molecular flexibility index (Phi) is 9.79. The molecule has 2 aliphatic heterocycles. The van der Waals surface area contributed by atoms with Crippen molar-refractivity contribution >= 4 is 112 Å². The van der Waals surface area contributed by atoms with Gasteiger partial charge in [0.15, 0.2) is 0 Å². The molecule has 8 nitrogen and oxygen atoms in total. The molecule has 0 saturated heterocycles. The molecule has 2 aliphatic rings. The van der Waals surface area contributed by atoms with Crippen LogP contribution in [0, 0.1) is 45.3 Å². The summed E-state index contributed by atoms with van der Waals surface area (Å²) in [4.78, 5) is 9.48. The highest BCUT2D eigenvalue weighted by Crippen LogP contribution is 2.56. The summed E-state index contributed by atoms with van der Waals surface area (Å²) < 4.78 is 2.35. The second-order valence-corrected chi connectivity index (χ2v) is 18.7. The van der Waals surface area contributed by atoms with E-state index in [4.69, 9.17) is 0 Å². The number of anilines is 8. The van der Waals surface area contributed by atoms with Crippen LogP contribution in [0.2, 0.25) is 0 Å². The molecule has 314 valence electrons. The molecular formula is C56H32B2N8S2. The van der Waals surface area contributed by atoms with Crippen LogP contribution < -0.4 is 30.2 Å². The van der Waals surface area contributed by atoms with Crippen molar-refractivity contribution in [3.8, 4) is 35.4 Å². The predicted molar refractivity (Wildman–Crippen MR) is 279 cm³/mol. The minimum atomic E-state index is -0.278. The first kappa shape index (κ1) is 40.5. The number of hydrogen-bond acceptors (Lipinski definition) is 10. The number of benzene rings is 8. The number of thiophene rings is 2. The first-order valence-electron chi connectivity index (χ1n) is 21.9. The van der Waals surface area contributed by atoms with Gasteiger partial charge in [-0.25, -0.2) is 0 Å². The highest BCUT2D eigenvalue weighted by molar-refractivity contribution is 7.26. The van der Waals surface area contributed by atoms with E-state index in [1.807, 2.05) is 97.1 Å². The SMILES string of the molecule is N#Cc1ccc(N2B(c3ccc(-c4ccc(B5N(c6ccc(C#N)cc6)c6sc7ccccc7c6N5c5ccc(C#N)cc5)cc4)cc3)N(c3ccc(C#N)cc3)c3c2sc2ccccc32)cc1. The molecule has 12 heteroatoms. The molecule has 2 aromatic heterocycles. The van der Waals surface area contributed by atoms with Crippen LogP contribution in [0.15, 0.2) is 194 Å². The normalized spacial score (nSPS) is 12.8. The lowest BCUT2D eigenvalue weighted by molar-refractivity contribution is 1.39. The van der Waals surface area contributed by atoms with E-state index in [2.05, 4.69) is 141 Å². The van der Waals surface area contributed by atoms with Gasteiger partial charge in [-0.05, 0) is 131 Å². The summed E-state index contributed by atoms with van der Waals surface area (Å²) in [6, 6.07) is 74.8. The van der Waals surface area contributed by atoms with Crippen LogP contribution in [0.25, 0.3) is 31.3 Å². The highest BCUT2D eigenvalue weighted by Gasteiger charge is 2.47. The van der Waals surface area contributed by atoms with Crippen molar-refractivity contribution < 1.29 is 0 Å². The molecule has 12 rings (SSSR count). The van der Waals surface area contributed by atoms with Crippen molar-refractivity contribution in [3.05, 3.63) is 216 Å². The van der Waals surface area contributed by atoms with Gasteiger partial charge >= 0.3 is 14.0 Å². The molecule has 0 N–H and O–H groups in total. The average molecular weight is 903 g/mol. The van der Waals surface area contributed by atoms with Crippen molar-refractivity contribution in [1.29, 1.82) is 21.0 Å². The molecule has 0 unspecified atom stereocenters. The van der Waals surface area contributed by atoms with Crippen molar-refractivity contribution in [3.63, 3.8) is 0 Å².